The quantitative estimate of drug-likeness (QED) is 0.550. The SMILES string of the molecule is O=c1[nH]c(C=Cc2cc([N+](=O)[O-])ccc2O)c([N+](=O)[O-])c(=O)[nH]1. The van der Waals surface area contributed by atoms with Crippen LogP contribution >= 0.6 is 0 Å². The molecule has 11 heteroatoms. The Balaban J connectivity index is 2.55. The molecule has 0 amide bonds. The summed E-state index contributed by atoms with van der Waals surface area (Å²) in [4.78, 5) is 46.3. The number of benzene rings is 1. The van der Waals surface area contributed by atoms with Crippen LogP contribution in [-0.4, -0.2) is 24.9 Å². The van der Waals surface area contributed by atoms with Crippen LogP contribution in [0.5, 0.6) is 5.75 Å². The molecular formula is C12H8N4O7. The van der Waals surface area contributed by atoms with Crippen molar-refractivity contribution in [1.82, 2.24) is 9.97 Å². The van der Waals surface area contributed by atoms with Gasteiger partial charge in [-0.25, -0.2) is 4.79 Å². The molecule has 2 aromatic rings. The average Bonchev–Trinajstić information content (AvgIpc) is 2.44. The second kappa shape index (κ2) is 5.93. The highest BCUT2D eigenvalue weighted by atomic mass is 16.6. The minimum Gasteiger partial charge on any atom is -0.507 e. The van der Waals surface area contributed by atoms with Crippen molar-refractivity contribution in [3.8, 4) is 5.75 Å². The molecule has 0 spiro atoms. The van der Waals surface area contributed by atoms with Crippen LogP contribution in [0, 0.1) is 20.2 Å². The zero-order valence-electron chi connectivity index (χ0n) is 11.2. The summed E-state index contributed by atoms with van der Waals surface area (Å²) >= 11 is 0. The van der Waals surface area contributed by atoms with E-state index in [4.69, 9.17) is 0 Å². The van der Waals surface area contributed by atoms with Gasteiger partial charge in [0.15, 0.2) is 0 Å². The molecule has 0 saturated heterocycles. The summed E-state index contributed by atoms with van der Waals surface area (Å²) in [5.74, 6) is -0.318. The molecule has 1 aromatic carbocycles. The molecule has 0 aliphatic carbocycles. The summed E-state index contributed by atoms with van der Waals surface area (Å²) in [7, 11) is 0. The molecule has 1 aromatic heterocycles. The lowest BCUT2D eigenvalue weighted by Crippen LogP contribution is -2.25. The van der Waals surface area contributed by atoms with Gasteiger partial charge in [0.25, 0.3) is 5.69 Å². The second-order valence-corrected chi connectivity index (χ2v) is 4.26. The number of nitrogens with one attached hydrogen (secondary N) is 2. The number of non-ortho nitro benzene ring substituents is 1. The van der Waals surface area contributed by atoms with Crippen LogP contribution < -0.4 is 11.2 Å². The van der Waals surface area contributed by atoms with Crippen molar-refractivity contribution in [2.45, 2.75) is 0 Å². The maximum atomic E-state index is 11.4. The molecule has 0 atom stereocenters. The van der Waals surface area contributed by atoms with E-state index in [1.807, 2.05) is 0 Å². The lowest BCUT2D eigenvalue weighted by atomic mass is 10.1. The van der Waals surface area contributed by atoms with Crippen LogP contribution in [0.3, 0.4) is 0 Å². The lowest BCUT2D eigenvalue weighted by Gasteiger charge is -1.99. The molecule has 11 nitrogen and oxygen atoms in total. The molecule has 3 N–H and O–H groups in total. The Kier molecular flexibility index (Phi) is 4.03. The Labute approximate surface area is 125 Å². The number of aromatic hydroxyl groups is 1. The van der Waals surface area contributed by atoms with E-state index in [0.29, 0.717) is 0 Å². The van der Waals surface area contributed by atoms with E-state index in [1.54, 1.807) is 4.98 Å². The third kappa shape index (κ3) is 3.29. The van der Waals surface area contributed by atoms with E-state index < -0.39 is 32.5 Å². The Morgan fingerprint density at radius 1 is 1.04 bits per heavy atom. The van der Waals surface area contributed by atoms with Gasteiger partial charge in [-0.15, -0.1) is 0 Å². The van der Waals surface area contributed by atoms with Crippen LogP contribution in [0.2, 0.25) is 0 Å². The van der Waals surface area contributed by atoms with E-state index in [2.05, 4.69) is 4.98 Å². The standard InChI is InChI=1S/C12H8N4O7/c17-9-4-2-7(15(20)21)5-6(9)1-3-8-10(16(22)23)11(18)14-12(19)13-8/h1-5,17H,(H2,13,14,18,19). The fourth-order valence-electron chi connectivity index (χ4n) is 1.76. The number of rotatable bonds is 4. The van der Waals surface area contributed by atoms with E-state index in [-0.39, 0.29) is 17.0 Å². The fourth-order valence-corrected chi connectivity index (χ4v) is 1.76. The molecule has 1 heterocycles. The zero-order valence-corrected chi connectivity index (χ0v) is 11.2. The Bertz CT molecular complexity index is 941. The third-order valence-electron chi connectivity index (χ3n) is 2.78. The molecule has 0 saturated carbocycles. The van der Waals surface area contributed by atoms with Crippen LogP contribution in [0.4, 0.5) is 11.4 Å². The molecule has 23 heavy (non-hydrogen) atoms. The normalized spacial score (nSPS) is 10.8. The van der Waals surface area contributed by atoms with Gasteiger partial charge in [0.05, 0.1) is 9.85 Å². The predicted molar refractivity (Wildman–Crippen MR) is 78.0 cm³/mol. The van der Waals surface area contributed by atoms with Gasteiger partial charge in [0, 0.05) is 17.7 Å². The number of hydrogen-bond donors (Lipinski definition) is 3. The zero-order chi connectivity index (χ0) is 17.1. The molecule has 0 bridgehead atoms. The number of nitrogens with zero attached hydrogens (tertiary/aromatic N) is 2. The van der Waals surface area contributed by atoms with E-state index in [9.17, 15) is 34.9 Å². The summed E-state index contributed by atoms with van der Waals surface area (Å²) in [5.41, 5.74) is -3.78. The number of phenolic OH excluding ortho intramolecular Hbond substituents is 1. The molecule has 118 valence electrons. The van der Waals surface area contributed by atoms with Gasteiger partial charge in [-0.1, -0.05) is 0 Å². The molecule has 0 fully saturated rings. The topological polar surface area (TPSA) is 172 Å². The predicted octanol–water partition coefficient (Wildman–Crippen LogP) is 0.756. The Hall–Kier alpha value is -3.76. The maximum Gasteiger partial charge on any atom is 0.357 e. The number of aromatic nitrogens is 2. The first-order valence-corrected chi connectivity index (χ1v) is 5.96. The summed E-state index contributed by atoms with van der Waals surface area (Å²) in [6, 6.07) is 3.18. The van der Waals surface area contributed by atoms with Crippen LogP contribution in [0.15, 0.2) is 27.8 Å². The van der Waals surface area contributed by atoms with Crippen molar-refractivity contribution >= 4 is 23.5 Å². The minimum absolute atomic E-state index is 0.0189. The van der Waals surface area contributed by atoms with E-state index in [0.717, 1.165) is 30.4 Å². The van der Waals surface area contributed by atoms with Crippen LogP contribution in [-0.2, 0) is 0 Å². The van der Waals surface area contributed by atoms with Gasteiger partial charge in [-0.05, 0) is 18.2 Å². The first kappa shape index (κ1) is 15.6. The smallest absolute Gasteiger partial charge is 0.357 e. The number of phenols is 1. The monoisotopic (exact) mass is 320 g/mol. The number of hydrogen-bond acceptors (Lipinski definition) is 7. The second-order valence-electron chi connectivity index (χ2n) is 4.26. The molecule has 2 rings (SSSR count). The van der Waals surface area contributed by atoms with E-state index >= 15 is 0 Å². The van der Waals surface area contributed by atoms with Gasteiger partial charge >= 0.3 is 16.9 Å². The first-order valence-electron chi connectivity index (χ1n) is 5.96. The van der Waals surface area contributed by atoms with Crippen molar-refractivity contribution in [1.29, 1.82) is 0 Å². The Morgan fingerprint density at radius 3 is 2.35 bits per heavy atom. The molecule has 0 aliphatic rings. The number of aromatic amines is 2. The van der Waals surface area contributed by atoms with E-state index in [1.165, 1.54) is 0 Å². The van der Waals surface area contributed by atoms with Gasteiger partial charge in [0.2, 0.25) is 0 Å². The highest BCUT2D eigenvalue weighted by Gasteiger charge is 2.19. The molecule has 0 unspecified atom stereocenters. The van der Waals surface area contributed by atoms with Gasteiger partial charge < -0.3 is 10.1 Å². The largest absolute Gasteiger partial charge is 0.507 e. The fraction of sp³-hybridized carbons (Fsp3) is 0. The highest BCUT2D eigenvalue weighted by molar-refractivity contribution is 5.75. The summed E-state index contributed by atoms with van der Waals surface area (Å²) in [6.07, 6.45) is 2.09. The maximum absolute atomic E-state index is 11.4. The van der Waals surface area contributed by atoms with Crippen LogP contribution in [0.1, 0.15) is 11.3 Å². The van der Waals surface area contributed by atoms with Crippen molar-refractivity contribution in [2.24, 2.45) is 0 Å². The number of nitro groups is 2. The summed E-state index contributed by atoms with van der Waals surface area (Å²) in [5, 5.41) is 31.2. The van der Waals surface area contributed by atoms with Crippen LogP contribution in [0.25, 0.3) is 12.2 Å². The van der Waals surface area contributed by atoms with Gasteiger partial charge in [-0.2, -0.15) is 0 Å². The van der Waals surface area contributed by atoms with Gasteiger partial charge in [0.1, 0.15) is 11.4 Å². The first-order chi connectivity index (χ1) is 10.8. The molecule has 0 radical (unpaired) electrons. The third-order valence-corrected chi connectivity index (χ3v) is 2.78. The number of H-pyrrole nitrogens is 2. The van der Waals surface area contributed by atoms with Crippen molar-refractivity contribution < 1.29 is 15.0 Å². The van der Waals surface area contributed by atoms with Crippen molar-refractivity contribution in [3.63, 3.8) is 0 Å². The minimum atomic E-state index is -1.19. The summed E-state index contributed by atoms with van der Waals surface area (Å²) in [6.45, 7) is 0. The van der Waals surface area contributed by atoms with Crippen molar-refractivity contribution in [2.75, 3.05) is 0 Å². The molecule has 0 aliphatic heterocycles. The average molecular weight is 320 g/mol. The summed E-state index contributed by atoms with van der Waals surface area (Å²) < 4.78 is 0. The Morgan fingerprint density at radius 2 is 1.74 bits per heavy atom. The number of nitro benzene ring substituents is 1. The highest BCUT2D eigenvalue weighted by Crippen LogP contribution is 2.25. The van der Waals surface area contributed by atoms with Crippen molar-refractivity contribution in [3.05, 3.63) is 70.5 Å². The van der Waals surface area contributed by atoms with Gasteiger partial charge in [-0.3, -0.25) is 30.0 Å². The lowest BCUT2D eigenvalue weighted by molar-refractivity contribution is -0.386. The molecular weight excluding hydrogens is 312 g/mol.